The molecule has 3 nitrogen and oxygen atoms in total. The summed E-state index contributed by atoms with van der Waals surface area (Å²) >= 11 is 0. The molecule has 1 aromatic heterocycles. The van der Waals surface area contributed by atoms with Crippen LogP contribution >= 0.6 is 0 Å². The summed E-state index contributed by atoms with van der Waals surface area (Å²) in [5.41, 5.74) is 5.00. The Morgan fingerprint density at radius 1 is 1.33 bits per heavy atom. The van der Waals surface area contributed by atoms with Gasteiger partial charge in [0, 0.05) is 23.6 Å². The van der Waals surface area contributed by atoms with Gasteiger partial charge in [0.15, 0.2) is 0 Å². The molecule has 62 valence electrons. The highest BCUT2D eigenvalue weighted by Gasteiger charge is 1.99. The van der Waals surface area contributed by atoms with Gasteiger partial charge in [0.1, 0.15) is 0 Å². The van der Waals surface area contributed by atoms with Crippen molar-refractivity contribution in [3.05, 3.63) is 36.0 Å². The molecule has 2 aromatic rings. The Labute approximate surface area is 70.5 Å². The molecule has 4 N–H and O–H groups in total. The van der Waals surface area contributed by atoms with Gasteiger partial charge in [-0.05, 0) is 11.6 Å². The molecule has 0 atom stereocenters. The van der Waals surface area contributed by atoms with Gasteiger partial charge in [-0.25, -0.2) is 0 Å². The number of aromatic nitrogens is 1. The monoisotopic (exact) mass is 161 g/mol. The number of nitrogens with one attached hydrogen (secondary N) is 2. The van der Waals surface area contributed by atoms with E-state index in [4.69, 9.17) is 5.84 Å². The highest BCUT2D eigenvalue weighted by Crippen LogP contribution is 2.16. The molecule has 0 radical (unpaired) electrons. The van der Waals surface area contributed by atoms with Crippen LogP contribution in [0.3, 0.4) is 0 Å². The van der Waals surface area contributed by atoms with Gasteiger partial charge in [-0.1, -0.05) is 18.2 Å². The first-order chi connectivity index (χ1) is 5.92. The van der Waals surface area contributed by atoms with Crippen LogP contribution in [0.25, 0.3) is 10.9 Å². The Kier molecular flexibility index (Phi) is 1.81. The minimum Gasteiger partial charge on any atom is -0.361 e. The molecule has 0 aliphatic heterocycles. The Bertz CT molecular complexity index is 378. The number of benzene rings is 1. The SMILES string of the molecule is NNCc1c[nH]c2ccccc12. The Morgan fingerprint density at radius 2 is 2.17 bits per heavy atom. The van der Waals surface area contributed by atoms with Crippen LogP contribution in [-0.2, 0) is 6.54 Å². The van der Waals surface area contributed by atoms with E-state index in [0.29, 0.717) is 6.54 Å². The zero-order valence-electron chi connectivity index (χ0n) is 6.67. The van der Waals surface area contributed by atoms with Gasteiger partial charge in [-0.2, -0.15) is 0 Å². The molecule has 1 aromatic carbocycles. The van der Waals surface area contributed by atoms with Gasteiger partial charge in [0.2, 0.25) is 0 Å². The average Bonchev–Trinajstić information content (AvgIpc) is 2.50. The summed E-state index contributed by atoms with van der Waals surface area (Å²) in [6.07, 6.45) is 1.98. The molecule has 0 bridgehead atoms. The largest absolute Gasteiger partial charge is 0.361 e. The highest BCUT2D eigenvalue weighted by molar-refractivity contribution is 5.82. The molecule has 3 heteroatoms. The lowest BCUT2D eigenvalue weighted by Gasteiger charge is -1.95. The summed E-state index contributed by atoms with van der Waals surface area (Å²) in [6.45, 7) is 0.698. The summed E-state index contributed by atoms with van der Waals surface area (Å²) in [4.78, 5) is 3.18. The molecule has 0 amide bonds. The van der Waals surface area contributed by atoms with Crippen LogP contribution in [0.15, 0.2) is 30.5 Å². The normalized spacial score (nSPS) is 10.8. The van der Waals surface area contributed by atoms with E-state index in [1.807, 2.05) is 18.3 Å². The standard InChI is InChI=1S/C9H11N3/c10-12-6-7-5-11-9-4-2-1-3-8(7)9/h1-5,11-12H,6,10H2. The van der Waals surface area contributed by atoms with E-state index in [2.05, 4.69) is 22.5 Å². The van der Waals surface area contributed by atoms with Gasteiger partial charge in [0.05, 0.1) is 0 Å². The predicted molar refractivity (Wildman–Crippen MR) is 49.3 cm³/mol. The number of aromatic amines is 1. The van der Waals surface area contributed by atoms with Gasteiger partial charge in [0.25, 0.3) is 0 Å². The summed E-state index contributed by atoms with van der Waals surface area (Å²) in [6, 6.07) is 8.17. The molecule has 2 rings (SSSR count). The van der Waals surface area contributed by atoms with Crippen LogP contribution in [0.2, 0.25) is 0 Å². The average molecular weight is 161 g/mol. The zero-order valence-corrected chi connectivity index (χ0v) is 6.67. The first kappa shape index (κ1) is 7.34. The van der Waals surface area contributed by atoms with Gasteiger partial charge >= 0.3 is 0 Å². The third-order valence-corrected chi connectivity index (χ3v) is 1.97. The van der Waals surface area contributed by atoms with Crippen molar-refractivity contribution in [3.63, 3.8) is 0 Å². The van der Waals surface area contributed by atoms with Crippen LogP contribution in [0.4, 0.5) is 0 Å². The second-order valence-corrected chi connectivity index (χ2v) is 2.74. The topological polar surface area (TPSA) is 53.8 Å². The number of hydrogen-bond donors (Lipinski definition) is 3. The number of hydrazine groups is 1. The first-order valence-corrected chi connectivity index (χ1v) is 3.90. The number of rotatable bonds is 2. The fraction of sp³-hybridized carbons (Fsp3) is 0.111. The molecule has 0 saturated carbocycles. The Morgan fingerprint density at radius 3 is 3.00 bits per heavy atom. The summed E-state index contributed by atoms with van der Waals surface area (Å²) in [5, 5.41) is 1.23. The minimum atomic E-state index is 0.698. The van der Waals surface area contributed by atoms with Crippen molar-refractivity contribution in [2.75, 3.05) is 0 Å². The molecule has 0 unspecified atom stereocenters. The van der Waals surface area contributed by atoms with E-state index in [1.165, 1.54) is 10.9 Å². The summed E-state index contributed by atoms with van der Waals surface area (Å²) in [7, 11) is 0. The molecular weight excluding hydrogens is 150 g/mol. The second-order valence-electron chi connectivity index (χ2n) is 2.74. The van der Waals surface area contributed by atoms with Crippen LogP contribution < -0.4 is 11.3 Å². The highest BCUT2D eigenvalue weighted by atomic mass is 15.2. The molecule has 1 heterocycles. The number of hydrogen-bond acceptors (Lipinski definition) is 2. The second kappa shape index (κ2) is 2.97. The molecule has 12 heavy (non-hydrogen) atoms. The lowest BCUT2D eigenvalue weighted by Crippen LogP contribution is -2.20. The Hall–Kier alpha value is -1.32. The third kappa shape index (κ3) is 1.09. The van der Waals surface area contributed by atoms with Crippen molar-refractivity contribution in [2.45, 2.75) is 6.54 Å². The lowest BCUT2D eigenvalue weighted by molar-refractivity contribution is 0.745. The van der Waals surface area contributed by atoms with Crippen molar-refractivity contribution >= 4 is 10.9 Å². The van der Waals surface area contributed by atoms with E-state index < -0.39 is 0 Å². The zero-order chi connectivity index (χ0) is 8.39. The molecule has 0 fully saturated rings. The lowest BCUT2D eigenvalue weighted by atomic mass is 10.2. The number of para-hydroxylation sites is 1. The fourth-order valence-corrected chi connectivity index (χ4v) is 1.39. The van der Waals surface area contributed by atoms with Gasteiger partial charge in [-0.3, -0.25) is 11.3 Å². The minimum absolute atomic E-state index is 0.698. The van der Waals surface area contributed by atoms with Crippen molar-refractivity contribution in [2.24, 2.45) is 5.84 Å². The smallest absolute Gasteiger partial charge is 0.0457 e. The number of nitrogens with two attached hydrogens (primary N) is 1. The van der Waals surface area contributed by atoms with Crippen molar-refractivity contribution in [1.82, 2.24) is 10.4 Å². The molecule has 0 saturated heterocycles. The van der Waals surface area contributed by atoms with E-state index in [9.17, 15) is 0 Å². The van der Waals surface area contributed by atoms with Crippen molar-refractivity contribution in [3.8, 4) is 0 Å². The van der Waals surface area contributed by atoms with Gasteiger partial charge in [-0.15, -0.1) is 0 Å². The maximum atomic E-state index is 5.25. The van der Waals surface area contributed by atoms with Crippen LogP contribution in [0.1, 0.15) is 5.56 Å². The van der Waals surface area contributed by atoms with Crippen LogP contribution in [-0.4, -0.2) is 4.98 Å². The van der Waals surface area contributed by atoms with Crippen molar-refractivity contribution in [1.29, 1.82) is 0 Å². The van der Waals surface area contributed by atoms with E-state index in [-0.39, 0.29) is 0 Å². The summed E-state index contributed by atoms with van der Waals surface area (Å²) < 4.78 is 0. The van der Waals surface area contributed by atoms with Crippen molar-refractivity contribution < 1.29 is 0 Å². The first-order valence-electron chi connectivity index (χ1n) is 3.90. The predicted octanol–water partition coefficient (Wildman–Crippen LogP) is 1.13. The molecule has 0 aliphatic rings. The van der Waals surface area contributed by atoms with E-state index in [0.717, 1.165) is 5.52 Å². The quantitative estimate of drug-likeness (QED) is 0.457. The molecule has 0 spiro atoms. The third-order valence-electron chi connectivity index (χ3n) is 1.97. The van der Waals surface area contributed by atoms with E-state index in [1.54, 1.807) is 0 Å². The fourth-order valence-electron chi connectivity index (χ4n) is 1.39. The van der Waals surface area contributed by atoms with Gasteiger partial charge < -0.3 is 4.98 Å². The summed E-state index contributed by atoms with van der Waals surface area (Å²) in [5.74, 6) is 5.25. The van der Waals surface area contributed by atoms with E-state index >= 15 is 0 Å². The van der Waals surface area contributed by atoms with Crippen LogP contribution in [0.5, 0.6) is 0 Å². The number of fused-ring (bicyclic) bond motifs is 1. The maximum absolute atomic E-state index is 5.25. The molecular formula is C9H11N3. The number of H-pyrrole nitrogens is 1. The Balaban J connectivity index is 2.55. The molecule has 0 aliphatic carbocycles. The maximum Gasteiger partial charge on any atom is 0.0457 e. The van der Waals surface area contributed by atoms with Crippen LogP contribution in [0, 0.1) is 0 Å².